The predicted molar refractivity (Wildman–Crippen MR) is 54.0 cm³/mol. The summed E-state index contributed by atoms with van der Waals surface area (Å²) >= 11 is 4.70. The van der Waals surface area contributed by atoms with Gasteiger partial charge >= 0.3 is 0 Å². The lowest BCUT2D eigenvalue weighted by molar-refractivity contribution is -0.0934. The van der Waals surface area contributed by atoms with E-state index in [1.807, 2.05) is 0 Å². The van der Waals surface area contributed by atoms with E-state index in [-0.39, 0.29) is 5.11 Å². The lowest BCUT2D eigenvalue weighted by atomic mass is 10.1. The van der Waals surface area contributed by atoms with E-state index in [1.54, 1.807) is 0 Å². The van der Waals surface area contributed by atoms with Crippen LogP contribution in [0.25, 0.3) is 0 Å². The first-order valence-corrected chi connectivity index (χ1v) is 4.69. The minimum Gasteiger partial charge on any atom is -0.394 e. The molecule has 0 aromatic rings. The summed E-state index contributed by atoms with van der Waals surface area (Å²) in [6.45, 7) is -0.635. The van der Waals surface area contributed by atoms with E-state index in [2.05, 4.69) is 21.7 Å². The molecular formula is C6H14N4O4S. The molecule has 0 spiro atoms. The largest absolute Gasteiger partial charge is 0.394 e. The molecule has 0 amide bonds. The molecule has 0 aromatic heterocycles. The average molecular weight is 238 g/mol. The van der Waals surface area contributed by atoms with Crippen LogP contribution >= 0.6 is 12.2 Å². The van der Waals surface area contributed by atoms with Gasteiger partial charge in [0, 0.05) is 0 Å². The second-order valence-electron chi connectivity index (χ2n) is 3.08. The zero-order valence-corrected chi connectivity index (χ0v) is 8.53. The van der Waals surface area contributed by atoms with Crippen molar-refractivity contribution in [2.24, 2.45) is 0 Å². The first-order valence-electron chi connectivity index (χ1n) is 4.28. The summed E-state index contributed by atoms with van der Waals surface area (Å²) in [6.07, 6.45) is -4.96. The number of hydrogen-bond donors (Lipinski definition) is 8. The zero-order valence-electron chi connectivity index (χ0n) is 7.71. The SMILES string of the molecule is OC[C@H](O)[C@@H](O)[C@H](O)C1NNC(=S)NN1. The van der Waals surface area contributed by atoms with Crippen molar-refractivity contribution in [2.45, 2.75) is 24.5 Å². The monoisotopic (exact) mass is 238 g/mol. The maximum atomic E-state index is 9.56. The van der Waals surface area contributed by atoms with Gasteiger partial charge in [-0.3, -0.25) is 10.9 Å². The number of rotatable bonds is 4. The van der Waals surface area contributed by atoms with Crippen LogP contribution < -0.4 is 21.7 Å². The quantitative estimate of drug-likeness (QED) is 0.230. The highest BCUT2D eigenvalue weighted by atomic mass is 32.1. The number of hydrogen-bond acceptors (Lipinski definition) is 7. The van der Waals surface area contributed by atoms with Gasteiger partial charge < -0.3 is 20.4 Å². The van der Waals surface area contributed by atoms with Crippen molar-refractivity contribution in [3.8, 4) is 0 Å². The molecule has 8 N–H and O–H groups in total. The van der Waals surface area contributed by atoms with Gasteiger partial charge in [0.2, 0.25) is 0 Å². The van der Waals surface area contributed by atoms with Crippen molar-refractivity contribution < 1.29 is 20.4 Å². The second-order valence-corrected chi connectivity index (χ2v) is 3.48. The molecule has 8 nitrogen and oxygen atoms in total. The topological polar surface area (TPSA) is 129 Å². The van der Waals surface area contributed by atoms with Crippen LogP contribution in [0.4, 0.5) is 0 Å². The third kappa shape index (κ3) is 3.21. The molecule has 0 bridgehead atoms. The predicted octanol–water partition coefficient (Wildman–Crippen LogP) is -4.13. The first-order chi connectivity index (χ1) is 7.06. The molecular weight excluding hydrogens is 224 g/mol. The van der Waals surface area contributed by atoms with E-state index < -0.39 is 31.1 Å². The molecule has 15 heavy (non-hydrogen) atoms. The van der Waals surface area contributed by atoms with E-state index >= 15 is 0 Å². The Balaban J connectivity index is 2.45. The molecule has 0 radical (unpaired) electrons. The number of nitrogens with one attached hydrogen (secondary N) is 4. The maximum absolute atomic E-state index is 9.56. The Morgan fingerprint density at radius 3 is 2.20 bits per heavy atom. The summed E-state index contributed by atoms with van der Waals surface area (Å²) in [4.78, 5) is 0. The Hall–Kier alpha value is -0.550. The summed E-state index contributed by atoms with van der Waals surface area (Å²) in [5.74, 6) is 0. The third-order valence-corrected chi connectivity index (χ3v) is 2.16. The normalized spacial score (nSPS) is 23.9. The van der Waals surface area contributed by atoms with Crippen LogP contribution in [0.15, 0.2) is 0 Å². The van der Waals surface area contributed by atoms with Crippen LogP contribution in [-0.2, 0) is 0 Å². The summed E-state index contributed by atoms with van der Waals surface area (Å²) < 4.78 is 0. The van der Waals surface area contributed by atoms with Gasteiger partial charge in [0.25, 0.3) is 0 Å². The molecule has 1 saturated heterocycles. The van der Waals surface area contributed by atoms with Crippen LogP contribution in [0.2, 0.25) is 0 Å². The fraction of sp³-hybridized carbons (Fsp3) is 0.833. The highest BCUT2D eigenvalue weighted by Gasteiger charge is 2.32. The maximum Gasteiger partial charge on any atom is 0.195 e. The minimum absolute atomic E-state index is 0.288. The Bertz CT molecular complexity index is 221. The lowest BCUT2D eigenvalue weighted by Crippen LogP contribution is -2.71. The Labute approximate surface area is 91.2 Å². The minimum atomic E-state index is -1.48. The van der Waals surface area contributed by atoms with Crippen LogP contribution in [0.5, 0.6) is 0 Å². The number of hydrazine groups is 2. The van der Waals surface area contributed by atoms with Crippen LogP contribution in [0.1, 0.15) is 0 Å². The average Bonchev–Trinajstić information content (AvgIpc) is 2.27. The smallest absolute Gasteiger partial charge is 0.195 e. The van der Waals surface area contributed by atoms with Gasteiger partial charge in [-0.1, -0.05) is 0 Å². The Kier molecular flexibility index (Phi) is 4.60. The molecule has 0 saturated carbocycles. The van der Waals surface area contributed by atoms with E-state index in [4.69, 9.17) is 22.4 Å². The summed E-state index contributed by atoms with van der Waals surface area (Å²) in [5.41, 5.74) is 10.2. The van der Waals surface area contributed by atoms with E-state index in [9.17, 15) is 10.2 Å². The number of thiocarbonyl (C=S) groups is 1. The summed E-state index contributed by atoms with van der Waals surface area (Å²) in [7, 11) is 0. The molecule has 88 valence electrons. The Morgan fingerprint density at radius 2 is 1.73 bits per heavy atom. The highest BCUT2D eigenvalue weighted by Crippen LogP contribution is 2.03. The van der Waals surface area contributed by atoms with Gasteiger partial charge in [-0.25, -0.2) is 10.9 Å². The first kappa shape index (κ1) is 12.5. The summed E-state index contributed by atoms with van der Waals surface area (Å²) in [6, 6.07) is 0. The summed E-state index contributed by atoms with van der Waals surface area (Å²) in [5, 5.41) is 36.9. The third-order valence-electron chi connectivity index (χ3n) is 1.96. The van der Waals surface area contributed by atoms with Crippen molar-refractivity contribution in [1.82, 2.24) is 21.7 Å². The zero-order chi connectivity index (χ0) is 11.4. The van der Waals surface area contributed by atoms with Crippen LogP contribution in [-0.4, -0.2) is 56.6 Å². The van der Waals surface area contributed by atoms with Gasteiger partial charge in [-0.15, -0.1) is 0 Å². The second kappa shape index (κ2) is 5.51. The lowest BCUT2D eigenvalue weighted by Gasteiger charge is -2.34. The van der Waals surface area contributed by atoms with Crippen molar-refractivity contribution in [2.75, 3.05) is 6.61 Å². The molecule has 0 aliphatic carbocycles. The van der Waals surface area contributed by atoms with E-state index in [0.717, 1.165) is 0 Å². The highest BCUT2D eigenvalue weighted by molar-refractivity contribution is 7.80. The van der Waals surface area contributed by atoms with Crippen molar-refractivity contribution >= 4 is 17.3 Å². The molecule has 1 aliphatic rings. The standard InChI is InChI=1S/C6H14N4O4S/c11-1-2(12)3(13)4(14)5-7-9-6(15)10-8-5/h2-5,7-8,11-14H,1H2,(H2,9,10,15)/t2-,3+,4-/m0/s1. The molecule has 9 heteroatoms. The molecule has 3 atom stereocenters. The van der Waals surface area contributed by atoms with Crippen LogP contribution in [0.3, 0.4) is 0 Å². The molecule has 0 unspecified atom stereocenters. The molecule has 1 fully saturated rings. The fourth-order valence-corrected chi connectivity index (χ4v) is 1.18. The molecule has 1 heterocycles. The van der Waals surface area contributed by atoms with Gasteiger partial charge in [-0.2, -0.15) is 0 Å². The van der Waals surface area contributed by atoms with Crippen molar-refractivity contribution in [3.05, 3.63) is 0 Å². The van der Waals surface area contributed by atoms with Crippen LogP contribution in [0, 0.1) is 0 Å². The van der Waals surface area contributed by atoms with Gasteiger partial charge in [0.1, 0.15) is 24.5 Å². The van der Waals surface area contributed by atoms with Gasteiger partial charge in [0.05, 0.1) is 6.61 Å². The van der Waals surface area contributed by atoms with E-state index in [0.29, 0.717) is 0 Å². The van der Waals surface area contributed by atoms with E-state index in [1.165, 1.54) is 0 Å². The number of aliphatic hydroxyl groups is 4. The Morgan fingerprint density at radius 1 is 1.20 bits per heavy atom. The fourth-order valence-electron chi connectivity index (χ4n) is 1.06. The molecule has 0 aromatic carbocycles. The number of aliphatic hydroxyl groups excluding tert-OH is 4. The van der Waals surface area contributed by atoms with Crippen molar-refractivity contribution in [3.63, 3.8) is 0 Å². The molecule has 1 rings (SSSR count). The van der Waals surface area contributed by atoms with Gasteiger partial charge in [0.15, 0.2) is 5.11 Å². The van der Waals surface area contributed by atoms with Gasteiger partial charge in [-0.05, 0) is 12.2 Å². The van der Waals surface area contributed by atoms with Crippen molar-refractivity contribution in [1.29, 1.82) is 0 Å². The molecule has 1 aliphatic heterocycles.